The van der Waals surface area contributed by atoms with Crippen molar-refractivity contribution in [3.8, 4) is 0 Å². The molecule has 4 heteroatoms. The zero-order valence-corrected chi connectivity index (χ0v) is 11.2. The molecule has 0 aromatic heterocycles. The number of hydrogen-bond acceptors (Lipinski definition) is 2. The van der Waals surface area contributed by atoms with Crippen molar-refractivity contribution >= 4 is 18.8 Å². The second-order valence-corrected chi connectivity index (χ2v) is 5.45. The van der Waals surface area contributed by atoms with Crippen LogP contribution < -0.4 is 0 Å². The van der Waals surface area contributed by atoms with Gasteiger partial charge in [-0.2, -0.15) is 0 Å². The Morgan fingerprint density at radius 1 is 1.08 bits per heavy atom. The number of rotatable bonds is 2. The van der Waals surface area contributed by atoms with Crippen LogP contribution in [0.1, 0.15) is 27.7 Å². The molecule has 0 radical (unpaired) electrons. The van der Waals surface area contributed by atoms with Crippen molar-refractivity contribution in [1.82, 2.24) is 9.80 Å². The van der Waals surface area contributed by atoms with Crippen LogP contribution in [-0.4, -0.2) is 39.6 Å². The minimum absolute atomic E-state index is 0.598. The second-order valence-electron chi connectivity index (χ2n) is 3.87. The van der Waals surface area contributed by atoms with Crippen molar-refractivity contribution in [2.24, 2.45) is 0 Å². The molecule has 0 N–H and O–H groups in total. The number of halogens is 1. The third-order valence-electron chi connectivity index (χ3n) is 2.31. The van der Waals surface area contributed by atoms with Gasteiger partial charge in [0.2, 0.25) is 0 Å². The van der Waals surface area contributed by atoms with E-state index in [1.54, 1.807) is 12.7 Å². The van der Waals surface area contributed by atoms with Gasteiger partial charge in [0.25, 0.3) is 0 Å². The minimum atomic E-state index is 0.598. The zero-order chi connectivity index (χ0) is 10.0. The Morgan fingerprint density at radius 2 is 1.46 bits per heavy atom. The quantitative estimate of drug-likeness (QED) is 0.718. The van der Waals surface area contributed by atoms with E-state index in [-0.39, 0.29) is 0 Å². The molecule has 1 rings (SSSR count). The third-order valence-corrected chi connectivity index (χ3v) is 3.89. The maximum absolute atomic E-state index is 3.48. The molecular formula is C9H18BrCuN2. The first-order valence-corrected chi connectivity index (χ1v) is 7.47. The fraction of sp³-hybridized carbons (Fsp3) is 0.889. The maximum atomic E-state index is 3.48. The summed E-state index contributed by atoms with van der Waals surface area (Å²) in [5, 5.41) is 0. The van der Waals surface area contributed by atoms with Crippen molar-refractivity contribution in [3.63, 3.8) is 0 Å². The first-order chi connectivity index (χ1) is 6.07. The summed E-state index contributed by atoms with van der Waals surface area (Å²) < 4.78 is 1.36. The summed E-state index contributed by atoms with van der Waals surface area (Å²) in [6, 6.07) is 1.20. The van der Waals surface area contributed by atoms with Crippen LogP contribution in [0.3, 0.4) is 0 Å². The van der Waals surface area contributed by atoms with E-state index in [0.29, 0.717) is 12.1 Å². The molecule has 2 nitrogen and oxygen atoms in total. The molecule has 1 heterocycles. The first-order valence-electron chi connectivity index (χ1n) is 4.67. The SMILES string of the molecule is CC(C)N1CCN(C(C)C)[C]1=[Cu][Br]. The Bertz CT molecular complexity index is 186. The predicted molar refractivity (Wildman–Crippen MR) is 57.6 cm³/mol. The Labute approximate surface area is 94.0 Å². The zero-order valence-electron chi connectivity index (χ0n) is 8.64. The molecule has 1 saturated heterocycles. The summed E-state index contributed by atoms with van der Waals surface area (Å²) in [5.41, 5.74) is 0. The molecule has 82 valence electrons. The summed E-state index contributed by atoms with van der Waals surface area (Å²) in [6.07, 6.45) is 0. The van der Waals surface area contributed by atoms with E-state index in [2.05, 4.69) is 51.6 Å². The van der Waals surface area contributed by atoms with Crippen LogP contribution >= 0.6 is 14.1 Å². The topological polar surface area (TPSA) is 6.48 Å². The van der Waals surface area contributed by atoms with Crippen molar-refractivity contribution in [1.29, 1.82) is 0 Å². The molecule has 0 bridgehead atoms. The summed E-state index contributed by atoms with van der Waals surface area (Å²) in [6.45, 7) is 11.3. The van der Waals surface area contributed by atoms with Gasteiger partial charge in [0.1, 0.15) is 0 Å². The van der Waals surface area contributed by atoms with Crippen LogP contribution in [0.5, 0.6) is 0 Å². The van der Waals surface area contributed by atoms with Gasteiger partial charge in [-0.1, -0.05) is 0 Å². The van der Waals surface area contributed by atoms with Crippen molar-refractivity contribution in [2.45, 2.75) is 39.8 Å². The molecule has 0 atom stereocenters. The summed E-state index contributed by atoms with van der Waals surface area (Å²) in [4.78, 5) is 4.88. The van der Waals surface area contributed by atoms with E-state index in [4.69, 9.17) is 0 Å². The Kier molecular flexibility index (Phi) is 4.59. The fourth-order valence-electron chi connectivity index (χ4n) is 1.52. The van der Waals surface area contributed by atoms with Gasteiger partial charge in [-0.3, -0.25) is 0 Å². The van der Waals surface area contributed by atoms with Gasteiger partial charge in [0, 0.05) is 0 Å². The van der Waals surface area contributed by atoms with E-state index in [1.807, 2.05) is 0 Å². The van der Waals surface area contributed by atoms with Gasteiger partial charge in [0.15, 0.2) is 0 Å². The van der Waals surface area contributed by atoms with Crippen molar-refractivity contribution in [3.05, 3.63) is 0 Å². The first kappa shape index (κ1) is 11.9. The van der Waals surface area contributed by atoms with Crippen LogP contribution in [0, 0.1) is 0 Å². The van der Waals surface area contributed by atoms with Gasteiger partial charge in [-0.25, -0.2) is 0 Å². The third kappa shape index (κ3) is 2.63. The van der Waals surface area contributed by atoms with Gasteiger partial charge < -0.3 is 0 Å². The summed E-state index contributed by atoms with van der Waals surface area (Å²) >= 11 is 5.25. The fourth-order valence-corrected chi connectivity index (χ4v) is 3.55. The standard InChI is InChI=1S/C9H18N2.BrH.Cu/c1-8(2)10-5-6-11(7-10)9(3)4;;/h8-9H,5-6H2,1-4H3;1H;/q;;+1/p-1. The van der Waals surface area contributed by atoms with Crippen LogP contribution in [0.15, 0.2) is 0 Å². The van der Waals surface area contributed by atoms with Gasteiger partial charge >= 0.3 is 94.2 Å². The molecular weight excluding hydrogens is 280 g/mol. The Hall–Kier alpha value is 0.789. The predicted octanol–water partition coefficient (Wildman–Crippen LogP) is 1.90. The van der Waals surface area contributed by atoms with Gasteiger partial charge in [-0.05, 0) is 0 Å². The number of hydrogen-bond donors (Lipinski definition) is 0. The average Bonchev–Trinajstić information content (AvgIpc) is 2.46. The molecule has 0 saturated carbocycles. The van der Waals surface area contributed by atoms with Crippen LogP contribution in [0.25, 0.3) is 0 Å². The van der Waals surface area contributed by atoms with E-state index >= 15 is 0 Å². The molecule has 0 aromatic rings. The van der Waals surface area contributed by atoms with E-state index in [9.17, 15) is 0 Å². The van der Waals surface area contributed by atoms with Crippen LogP contribution in [-0.2, 0) is 12.7 Å². The van der Waals surface area contributed by atoms with Crippen molar-refractivity contribution < 1.29 is 12.7 Å². The van der Waals surface area contributed by atoms with Gasteiger partial charge in [0.05, 0.1) is 0 Å². The Morgan fingerprint density at radius 3 is 1.69 bits per heavy atom. The van der Waals surface area contributed by atoms with Crippen molar-refractivity contribution in [2.75, 3.05) is 13.1 Å². The van der Waals surface area contributed by atoms with E-state index in [0.717, 1.165) is 13.1 Å². The number of nitrogens with zero attached hydrogens (tertiary/aromatic N) is 2. The van der Waals surface area contributed by atoms with E-state index < -0.39 is 0 Å². The van der Waals surface area contributed by atoms with E-state index in [1.165, 1.54) is 4.67 Å². The summed E-state index contributed by atoms with van der Waals surface area (Å²) in [7, 11) is 0. The molecule has 13 heavy (non-hydrogen) atoms. The molecule has 0 spiro atoms. The molecule has 0 unspecified atom stereocenters. The average molecular weight is 298 g/mol. The molecule has 0 aromatic carbocycles. The molecule has 1 fully saturated rings. The monoisotopic (exact) mass is 296 g/mol. The van der Waals surface area contributed by atoms with Crippen LogP contribution in [0.2, 0.25) is 0 Å². The summed E-state index contributed by atoms with van der Waals surface area (Å²) in [5.74, 6) is 0. The molecule has 0 amide bonds. The Balaban J connectivity index is 2.76. The molecule has 1 aliphatic heterocycles. The normalized spacial score (nSPS) is 21.3. The van der Waals surface area contributed by atoms with Gasteiger partial charge in [-0.15, -0.1) is 0 Å². The molecule has 1 aliphatic rings. The molecule has 0 aliphatic carbocycles. The van der Waals surface area contributed by atoms with Crippen LogP contribution in [0.4, 0.5) is 0 Å². The second kappa shape index (κ2) is 5.04.